The Morgan fingerprint density at radius 2 is 2.16 bits per heavy atom. The Morgan fingerprint density at radius 1 is 1.47 bits per heavy atom. The molecule has 2 rings (SSSR count). The fraction of sp³-hybridized carbons (Fsp3) is 0.615. The van der Waals surface area contributed by atoms with Crippen molar-refractivity contribution in [3.63, 3.8) is 0 Å². The third kappa shape index (κ3) is 4.17. The van der Waals surface area contributed by atoms with Gasteiger partial charge in [0.1, 0.15) is 4.34 Å². The third-order valence-corrected chi connectivity index (χ3v) is 4.92. The number of halogens is 2. The number of methoxy groups -OCH3 is 1. The van der Waals surface area contributed by atoms with E-state index in [4.69, 9.17) is 27.9 Å². The van der Waals surface area contributed by atoms with Crippen LogP contribution in [0.4, 0.5) is 0 Å². The molecule has 0 saturated carbocycles. The normalized spacial score (nSPS) is 17.8. The fourth-order valence-corrected chi connectivity index (χ4v) is 3.86. The standard InChI is InChI=1S/C13H17Cl2NO2S/c1-18-8-9-2-4-16(5-3-9)7-11(17)10-6-12(14)19-13(10)15/h6,9H,2-5,7-8H2,1H3. The second kappa shape index (κ2) is 7.04. The van der Waals surface area contributed by atoms with Crippen LogP contribution in [0.2, 0.25) is 8.67 Å². The molecule has 1 aromatic heterocycles. The quantitative estimate of drug-likeness (QED) is 0.776. The van der Waals surface area contributed by atoms with Gasteiger partial charge in [0.05, 0.1) is 16.4 Å². The van der Waals surface area contributed by atoms with Crippen LogP contribution in [0.25, 0.3) is 0 Å². The largest absolute Gasteiger partial charge is 0.384 e. The summed E-state index contributed by atoms with van der Waals surface area (Å²) in [5, 5.41) is 0. The van der Waals surface area contributed by atoms with Crippen LogP contribution in [0, 0.1) is 5.92 Å². The molecule has 0 atom stereocenters. The van der Waals surface area contributed by atoms with Crippen LogP contribution in [-0.2, 0) is 4.74 Å². The summed E-state index contributed by atoms with van der Waals surface area (Å²) in [4.78, 5) is 14.3. The number of ether oxygens (including phenoxy) is 1. The van der Waals surface area contributed by atoms with Crippen LogP contribution < -0.4 is 0 Å². The van der Waals surface area contributed by atoms with E-state index in [0.717, 1.165) is 32.5 Å². The maximum Gasteiger partial charge on any atom is 0.179 e. The van der Waals surface area contributed by atoms with Crippen LogP contribution >= 0.6 is 34.5 Å². The molecule has 0 aliphatic carbocycles. The SMILES string of the molecule is COCC1CCN(CC(=O)c2cc(Cl)sc2Cl)CC1. The van der Waals surface area contributed by atoms with E-state index in [1.165, 1.54) is 11.3 Å². The van der Waals surface area contributed by atoms with Gasteiger partial charge in [0.2, 0.25) is 0 Å². The maximum atomic E-state index is 12.2. The van der Waals surface area contributed by atoms with E-state index in [9.17, 15) is 4.79 Å². The molecule has 1 saturated heterocycles. The first kappa shape index (κ1) is 15.3. The molecule has 0 unspecified atom stereocenters. The number of ketones is 1. The Hall–Kier alpha value is -0.130. The Morgan fingerprint density at radius 3 is 2.68 bits per heavy atom. The fourth-order valence-electron chi connectivity index (χ4n) is 2.37. The first-order valence-corrected chi connectivity index (χ1v) is 7.86. The van der Waals surface area contributed by atoms with Gasteiger partial charge < -0.3 is 4.74 Å². The second-order valence-electron chi connectivity index (χ2n) is 4.84. The van der Waals surface area contributed by atoms with Crippen molar-refractivity contribution in [1.29, 1.82) is 0 Å². The average Bonchev–Trinajstić information content (AvgIpc) is 2.71. The molecule has 0 aromatic carbocycles. The molecular formula is C13H17Cl2NO2S. The van der Waals surface area contributed by atoms with E-state index in [0.29, 0.717) is 26.7 Å². The summed E-state index contributed by atoms with van der Waals surface area (Å²) >= 11 is 13.1. The topological polar surface area (TPSA) is 29.5 Å². The van der Waals surface area contributed by atoms with Gasteiger partial charge in [-0.3, -0.25) is 9.69 Å². The number of nitrogens with zero attached hydrogens (tertiary/aromatic N) is 1. The predicted octanol–water partition coefficient (Wildman–Crippen LogP) is 3.60. The number of piperidine rings is 1. The summed E-state index contributed by atoms with van der Waals surface area (Å²) in [5.41, 5.74) is 0.552. The van der Waals surface area contributed by atoms with Crippen molar-refractivity contribution in [1.82, 2.24) is 4.90 Å². The molecule has 1 fully saturated rings. The summed E-state index contributed by atoms with van der Waals surface area (Å²) in [6.07, 6.45) is 2.17. The third-order valence-electron chi connectivity index (χ3n) is 3.43. The highest BCUT2D eigenvalue weighted by molar-refractivity contribution is 7.20. The lowest BCUT2D eigenvalue weighted by Crippen LogP contribution is -2.38. The molecule has 0 bridgehead atoms. The zero-order valence-electron chi connectivity index (χ0n) is 10.8. The van der Waals surface area contributed by atoms with Crippen molar-refractivity contribution in [2.45, 2.75) is 12.8 Å². The van der Waals surface area contributed by atoms with Crippen molar-refractivity contribution >= 4 is 40.3 Å². The molecule has 1 aromatic rings. The molecule has 106 valence electrons. The predicted molar refractivity (Wildman–Crippen MR) is 79.7 cm³/mol. The lowest BCUT2D eigenvalue weighted by atomic mass is 9.97. The number of likely N-dealkylation sites (tertiary alicyclic amines) is 1. The molecule has 0 N–H and O–H groups in total. The lowest BCUT2D eigenvalue weighted by molar-refractivity contribution is 0.0810. The molecule has 1 aliphatic heterocycles. The number of carbonyl (C=O) groups excluding carboxylic acids is 1. The van der Waals surface area contributed by atoms with Crippen LogP contribution in [0.15, 0.2) is 6.07 Å². The van der Waals surface area contributed by atoms with Crippen LogP contribution in [-0.4, -0.2) is 44.0 Å². The number of hydrogen-bond donors (Lipinski definition) is 0. The number of hydrogen-bond acceptors (Lipinski definition) is 4. The van der Waals surface area contributed by atoms with E-state index in [-0.39, 0.29) is 5.78 Å². The summed E-state index contributed by atoms with van der Waals surface area (Å²) < 4.78 is 6.22. The molecule has 0 spiro atoms. The smallest absolute Gasteiger partial charge is 0.179 e. The van der Waals surface area contributed by atoms with Gasteiger partial charge in [0, 0.05) is 13.7 Å². The van der Waals surface area contributed by atoms with Crippen molar-refractivity contribution in [3.05, 3.63) is 20.3 Å². The molecule has 1 aliphatic rings. The van der Waals surface area contributed by atoms with Gasteiger partial charge in [0.25, 0.3) is 0 Å². The Balaban J connectivity index is 1.85. The van der Waals surface area contributed by atoms with E-state index >= 15 is 0 Å². The monoisotopic (exact) mass is 321 g/mol. The molecule has 2 heterocycles. The molecule has 0 amide bonds. The van der Waals surface area contributed by atoms with E-state index in [1.54, 1.807) is 13.2 Å². The van der Waals surface area contributed by atoms with Gasteiger partial charge >= 0.3 is 0 Å². The summed E-state index contributed by atoms with van der Waals surface area (Å²) in [5.74, 6) is 0.675. The minimum Gasteiger partial charge on any atom is -0.384 e. The maximum absolute atomic E-state index is 12.2. The summed E-state index contributed by atoms with van der Waals surface area (Å²) in [6.45, 7) is 3.12. The van der Waals surface area contributed by atoms with Crippen LogP contribution in [0.5, 0.6) is 0 Å². The van der Waals surface area contributed by atoms with Gasteiger partial charge in [-0.1, -0.05) is 23.2 Å². The van der Waals surface area contributed by atoms with Gasteiger partial charge in [-0.15, -0.1) is 11.3 Å². The van der Waals surface area contributed by atoms with Crippen LogP contribution in [0.3, 0.4) is 0 Å². The Kier molecular flexibility index (Phi) is 5.66. The van der Waals surface area contributed by atoms with Crippen molar-refractivity contribution in [2.75, 3.05) is 33.4 Å². The number of thiophene rings is 1. The molecule has 0 radical (unpaired) electrons. The van der Waals surface area contributed by atoms with Gasteiger partial charge in [0.15, 0.2) is 5.78 Å². The minimum absolute atomic E-state index is 0.0540. The van der Waals surface area contributed by atoms with Gasteiger partial charge in [-0.25, -0.2) is 0 Å². The second-order valence-corrected chi connectivity index (χ2v) is 7.12. The van der Waals surface area contributed by atoms with Crippen molar-refractivity contribution in [2.24, 2.45) is 5.92 Å². The molecular weight excluding hydrogens is 305 g/mol. The van der Waals surface area contributed by atoms with Crippen molar-refractivity contribution < 1.29 is 9.53 Å². The highest BCUT2D eigenvalue weighted by atomic mass is 35.5. The van der Waals surface area contributed by atoms with E-state index in [1.807, 2.05) is 0 Å². The number of carbonyl (C=O) groups is 1. The Labute approximate surface area is 127 Å². The Bertz CT molecular complexity index is 442. The van der Waals surface area contributed by atoms with Gasteiger partial charge in [-0.2, -0.15) is 0 Å². The highest BCUT2D eigenvalue weighted by Gasteiger charge is 2.22. The minimum atomic E-state index is 0.0540. The summed E-state index contributed by atoms with van der Waals surface area (Å²) in [7, 11) is 1.73. The average molecular weight is 322 g/mol. The number of rotatable bonds is 5. The molecule has 6 heteroatoms. The first-order chi connectivity index (χ1) is 9.10. The van der Waals surface area contributed by atoms with E-state index < -0.39 is 0 Å². The van der Waals surface area contributed by atoms with Crippen LogP contribution in [0.1, 0.15) is 23.2 Å². The zero-order chi connectivity index (χ0) is 13.8. The van der Waals surface area contributed by atoms with Crippen molar-refractivity contribution in [3.8, 4) is 0 Å². The summed E-state index contributed by atoms with van der Waals surface area (Å²) in [6, 6.07) is 1.66. The molecule has 3 nitrogen and oxygen atoms in total. The van der Waals surface area contributed by atoms with E-state index in [2.05, 4.69) is 4.90 Å². The first-order valence-electron chi connectivity index (χ1n) is 6.29. The van der Waals surface area contributed by atoms with Gasteiger partial charge in [-0.05, 0) is 37.9 Å². The zero-order valence-corrected chi connectivity index (χ0v) is 13.2. The lowest BCUT2D eigenvalue weighted by Gasteiger charge is -2.30. The highest BCUT2D eigenvalue weighted by Crippen LogP contribution is 2.31. The molecule has 19 heavy (non-hydrogen) atoms. The number of Topliss-reactive ketones (excluding diaryl/α,β-unsaturated/α-hetero) is 1.